The molecule has 4 aromatic carbocycles. The van der Waals surface area contributed by atoms with E-state index in [4.69, 9.17) is 14.2 Å². The molecule has 0 aliphatic carbocycles. The van der Waals surface area contributed by atoms with Gasteiger partial charge in [0.15, 0.2) is 0 Å². The van der Waals surface area contributed by atoms with E-state index in [9.17, 15) is 9.90 Å². The minimum Gasteiger partial charge on any atom is -0.507 e. The van der Waals surface area contributed by atoms with Gasteiger partial charge in [0.05, 0.1) is 24.2 Å². The second kappa shape index (κ2) is 11.4. The van der Waals surface area contributed by atoms with E-state index < -0.39 is 5.97 Å². The number of ether oxygens (including phenoxy) is 3. The van der Waals surface area contributed by atoms with Crippen LogP contribution in [-0.4, -0.2) is 42.6 Å². The second-order valence-electron chi connectivity index (χ2n) is 10.4. The fourth-order valence-electron chi connectivity index (χ4n) is 5.39. The molecule has 0 saturated heterocycles. The number of phenols is 1. The number of hydrogen-bond acceptors (Lipinski definition) is 5. The van der Waals surface area contributed by atoms with E-state index in [1.807, 2.05) is 49.4 Å². The first-order valence-corrected chi connectivity index (χ1v) is 13.5. The zero-order valence-electron chi connectivity index (χ0n) is 23.4. The summed E-state index contributed by atoms with van der Waals surface area (Å²) in [6.07, 6.45) is 0. The number of fused-ring (bicyclic) bond motifs is 3. The highest BCUT2D eigenvalue weighted by molar-refractivity contribution is 6.16. The molecule has 1 heterocycles. The van der Waals surface area contributed by atoms with Gasteiger partial charge in [0.2, 0.25) is 0 Å². The fraction of sp³-hybridized carbons (Fsp3) is 0.265. The molecule has 0 unspecified atom stereocenters. The van der Waals surface area contributed by atoms with Crippen LogP contribution in [0, 0.1) is 6.92 Å². The van der Waals surface area contributed by atoms with E-state index in [-0.39, 0.29) is 17.8 Å². The minimum absolute atomic E-state index is 0.123. The first kappa shape index (κ1) is 27.3. The lowest BCUT2D eigenvalue weighted by molar-refractivity contribution is 0.0389. The van der Waals surface area contributed by atoms with Gasteiger partial charge < -0.3 is 23.9 Å². The van der Waals surface area contributed by atoms with Gasteiger partial charge in [0.25, 0.3) is 0 Å². The average Bonchev–Trinajstić information content (AvgIpc) is 3.25. The van der Waals surface area contributed by atoms with Gasteiger partial charge in [0, 0.05) is 34.4 Å². The molecule has 0 bridgehead atoms. The Balaban J connectivity index is 1.42. The number of methoxy groups -OCH3 is 1. The zero-order chi connectivity index (χ0) is 28.3. The molecular formula is C34H35NO5. The van der Waals surface area contributed by atoms with Gasteiger partial charge in [-0.2, -0.15) is 0 Å². The van der Waals surface area contributed by atoms with Gasteiger partial charge in [-0.1, -0.05) is 80.6 Å². The normalized spacial score (nSPS) is 11.7. The molecule has 40 heavy (non-hydrogen) atoms. The van der Waals surface area contributed by atoms with Crippen LogP contribution in [0.5, 0.6) is 11.5 Å². The van der Waals surface area contributed by atoms with E-state index >= 15 is 0 Å². The van der Waals surface area contributed by atoms with Gasteiger partial charge in [-0.25, -0.2) is 4.79 Å². The number of nitrogens with zero attached hydrogens (tertiary/aromatic N) is 1. The summed E-state index contributed by atoms with van der Waals surface area (Å²) >= 11 is 0. The van der Waals surface area contributed by atoms with Crippen molar-refractivity contribution in [1.29, 1.82) is 0 Å². The topological polar surface area (TPSA) is 69.9 Å². The Morgan fingerprint density at radius 2 is 1.48 bits per heavy atom. The monoisotopic (exact) mass is 537 g/mol. The molecule has 6 heteroatoms. The number of hydrogen-bond donors (Lipinski definition) is 1. The Bertz CT molecular complexity index is 1630. The summed E-state index contributed by atoms with van der Waals surface area (Å²) in [5.74, 6) is 0.468. The van der Waals surface area contributed by atoms with Gasteiger partial charge in [-0.3, -0.25) is 0 Å². The Hall–Kier alpha value is -4.29. The third kappa shape index (κ3) is 5.15. The van der Waals surface area contributed by atoms with Crippen molar-refractivity contribution in [1.82, 2.24) is 4.57 Å². The molecule has 6 nitrogen and oxygen atoms in total. The number of esters is 1. The number of rotatable bonds is 10. The van der Waals surface area contributed by atoms with Gasteiger partial charge in [-0.05, 0) is 36.2 Å². The lowest BCUT2D eigenvalue weighted by Crippen LogP contribution is -2.18. The summed E-state index contributed by atoms with van der Waals surface area (Å²) in [5.41, 5.74) is 4.42. The molecule has 0 amide bonds. The zero-order valence-corrected chi connectivity index (χ0v) is 23.4. The summed E-state index contributed by atoms with van der Waals surface area (Å²) in [6.45, 7) is 7.72. The van der Waals surface area contributed by atoms with Crippen LogP contribution in [0.25, 0.3) is 21.7 Å². The molecular weight excluding hydrogens is 502 g/mol. The van der Waals surface area contributed by atoms with Crippen LogP contribution in [0.3, 0.4) is 0 Å². The maximum atomic E-state index is 13.1. The third-order valence-corrected chi connectivity index (χ3v) is 7.68. The van der Waals surface area contributed by atoms with Crippen molar-refractivity contribution in [3.05, 3.63) is 107 Å². The summed E-state index contributed by atoms with van der Waals surface area (Å²) in [4.78, 5) is 13.1. The van der Waals surface area contributed by atoms with E-state index in [1.165, 1.54) is 11.1 Å². The standard InChI is InChI=1S/C34H35NO5/c1-23-31(33(37)40-21-20-38-4)29-22-30(36)27-12-8-9-13-28(27)32(29)35(23)18-19-39-26-16-14-25(15-17-26)34(2,3)24-10-6-5-7-11-24/h5-17,22,36H,18-21H2,1-4H3. The Kier molecular flexibility index (Phi) is 7.81. The molecule has 0 atom stereocenters. The van der Waals surface area contributed by atoms with Crippen LogP contribution in [0.1, 0.15) is 41.0 Å². The van der Waals surface area contributed by atoms with Crippen LogP contribution in [-0.2, 0) is 21.4 Å². The minimum atomic E-state index is -0.439. The predicted octanol–water partition coefficient (Wildman–Crippen LogP) is 7.02. The highest BCUT2D eigenvalue weighted by Crippen LogP contribution is 2.38. The maximum absolute atomic E-state index is 13.1. The van der Waals surface area contributed by atoms with Crippen molar-refractivity contribution in [3.8, 4) is 11.5 Å². The highest BCUT2D eigenvalue weighted by Gasteiger charge is 2.25. The van der Waals surface area contributed by atoms with Crippen molar-refractivity contribution >= 4 is 27.6 Å². The number of aromatic nitrogens is 1. The van der Waals surface area contributed by atoms with Crippen LogP contribution >= 0.6 is 0 Å². The highest BCUT2D eigenvalue weighted by atomic mass is 16.6. The average molecular weight is 538 g/mol. The molecule has 0 saturated carbocycles. The Labute approximate surface area is 234 Å². The first-order valence-electron chi connectivity index (χ1n) is 13.5. The van der Waals surface area contributed by atoms with Crippen LogP contribution in [0.15, 0.2) is 84.9 Å². The molecule has 0 aliphatic heterocycles. The van der Waals surface area contributed by atoms with Crippen LogP contribution in [0.2, 0.25) is 0 Å². The van der Waals surface area contributed by atoms with E-state index in [0.29, 0.717) is 30.7 Å². The molecule has 0 aliphatic rings. The fourth-order valence-corrected chi connectivity index (χ4v) is 5.39. The molecule has 1 N–H and O–H groups in total. The molecule has 5 aromatic rings. The summed E-state index contributed by atoms with van der Waals surface area (Å²) in [7, 11) is 1.56. The van der Waals surface area contributed by atoms with Crippen molar-refractivity contribution in [2.24, 2.45) is 0 Å². The second-order valence-corrected chi connectivity index (χ2v) is 10.4. The molecule has 0 spiro atoms. The molecule has 206 valence electrons. The van der Waals surface area contributed by atoms with Crippen molar-refractivity contribution in [2.75, 3.05) is 26.9 Å². The lowest BCUT2D eigenvalue weighted by Gasteiger charge is -2.26. The van der Waals surface area contributed by atoms with Crippen molar-refractivity contribution in [2.45, 2.75) is 32.7 Å². The molecule has 5 rings (SSSR count). The first-order chi connectivity index (χ1) is 19.3. The molecule has 1 aromatic heterocycles. The van der Waals surface area contributed by atoms with Crippen LogP contribution in [0.4, 0.5) is 0 Å². The van der Waals surface area contributed by atoms with E-state index in [0.717, 1.165) is 27.7 Å². The predicted molar refractivity (Wildman–Crippen MR) is 159 cm³/mol. The number of carbonyl (C=O) groups is 1. The van der Waals surface area contributed by atoms with E-state index in [1.54, 1.807) is 13.2 Å². The van der Waals surface area contributed by atoms with Gasteiger partial charge >= 0.3 is 5.97 Å². The maximum Gasteiger partial charge on any atom is 0.340 e. The third-order valence-electron chi connectivity index (χ3n) is 7.68. The lowest BCUT2D eigenvalue weighted by atomic mass is 9.78. The number of benzene rings is 4. The van der Waals surface area contributed by atoms with Crippen molar-refractivity contribution < 1.29 is 24.1 Å². The van der Waals surface area contributed by atoms with Crippen molar-refractivity contribution in [3.63, 3.8) is 0 Å². The smallest absolute Gasteiger partial charge is 0.340 e. The SMILES string of the molecule is COCCOC(=O)c1c(C)n(CCOc2ccc(C(C)(C)c3ccccc3)cc2)c2c1cc(O)c1ccccc12. The Morgan fingerprint density at radius 1 is 0.825 bits per heavy atom. The number of carbonyl (C=O) groups excluding carboxylic acids is 1. The number of phenolic OH excluding ortho intramolecular Hbond substituents is 1. The number of aromatic hydroxyl groups is 1. The van der Waals surface area contributed by atoms with Gasteiger partial charge in [-0.15, -0.1) is 0 Å². The molecule has 0 radical (unpaired) electrons. The molecule has 0 fully saturated rings. The summed E-state index contributed by atoms with van der Waals surface area (Å²) in [6, 6.07) is 28.0. The van der Waals surface area contributed by atoms with Crippen LogP contribution < -0.4 is 4.74 Å². The summed E-state index contributed by atoms with van der Waals surface area (Å²) in [5, 5.41) is 13.0. The summed E-state index contributed by atoms with van der Waals surface area (Å²) < 4.78 is 18.8. The van der Waals surface area contributed by atoms with E-state index in [2.05, 4.69) is 54.8 Å². The van der Waals surface area contributed by atoms with Gasteiger partial charge in [0.1, 0.15) is 24.7 Å². The largest absolute Gasteiger partial charge is 0.507 e. The quantitative estimate of drug-likeness (QED) is 0.153. The Morgan fingerprint density at radius 3 is 2.17 bits per heavy atom.